The third-order valence-electron chi connectivity index (χ3n) is 15.6. The van der Waals surface area contributed by atoms with Crippen molar-refractivity contribution in [3.8, 4) is 50.7 Å². The summed E-state index contributed by atoms with van der Waals surface area (Å²) in [6.45, 7) is 31.1. The summed E-state index contributed by atoms with van der Waals surface area (Å²) in [5.41, 5.74) is 17.4. The van der Waals surface area contributed by atoms with Gasteiger partial charge in [-0.25, -0.2) is 13.8 Å². The first-order chi connectivity index (χ1) is 38.0. The van der Waals surface area contributed by atoms with Crippen LogP contribution in [-0.2, 0) is 10.8 Å². The molecular weight excluding hydrogens is 987 g/mol. The van der Waals surface area contributed by atoms with Crippen molar-refractivity contribution in [1.82, 2.24) is 9.55 Å². The summed E-state index contributed by atoms with van der Waals surface area (Å²) in [4.78, 5) is 4.94. The highest BCUT2D eigenvalue weighted by atomic mass is 19.1. The molecule has 5 nitrogen and oxygen atoms in total. The number of nitrogens with one attached hydrogen (secondary N) is 2. The van der Waals surface area contributed by atoms with Gasteiger partial charge in [0.05, 0.1) is 28.1 Å². The van der Waals surface area contributed by atoms with E-state index in [9.17, 15) is 0 Å². The highest BCUT2D eigenvalue weighted by molar-refractivity contribution is 6.09. The Labute approximate surface area is 473 Å². The van der Waals surface area contributed by atoms with Gasteiger partial charge in [0, 0.05) is 52.0 Å². The van der Waals surface area contributed by atoms with E-state index in [-0.39, 0.29) is 34.5 Å². The SMILES string of the molecule is CC(C)c1cc(-c2cc(C(C)(C)C)cc(-c3cc(F)cc(F)c3)c2Nc2ccccc2Nc2cc(Oc3ccc4c5ccccc5n(-c5cc(C(C)(C)C)ccn5)c4c3)cc(-c3c(C(C)C)cccc3C(C)C)c2)cc(C(C)C)c1. The van der Waals surface area contributed by atoms with Gasteiger partial charge in [-0.3, -0.25) is 4.57 Å². The van der Waals surface area contributed by atoms with Gasteiger partial charge in [0.25, 0.3) is 0 Å². The van der Waals surface area contributed by atoms with Crippen LogP contribution in [0.1, 0.15) is 154 Å². The number of hydrogen-bond donors (Lipinski definition) is 2. The highest BCUT2D eigenvalue weighted by Crippen LogP contribution is 2.47. The minimum Gasteiger partial charge on any atom is -0.457 e. The fraction of sp³-hybridized carbons (Fsp3) is 0.274. The second kappa shape index (κ2) is 21.9. The first kappa shape index (κ1) is 55.3. The molecule has 0 aliphatic heterocycles. The Morgan fingerprint density at radius 2 is 1.04 bits per heavy atom. The first-order valence-corrected chi connectivity index (χ1v) is 28.4. The summed E-state index contributed by atoms with van der Waals surface area (Å²) in [5.74, 6) is 1.98. The summed E-state index contributed by atoms with van der Waals surface area (Å²) in [6, 6.07) is 55.4. The Balaban J connectivity index is 1.14. The molecule has 0 saturated carbocycles. The van der Waals surface area contributed by atoms with E-state index in [1.54, 1.807) is 0 Å². The summed E-state index contributed by atoms with van der Waals surface area (Å²) in [7, 11) is 0. The topological polar surface area (TPSA) is 51.1 Å². The van der Waals surface area contributed by atoms with Gasteiger partial charge in [-0.1, -0.05) is 164 Å². The quantitative estimate of drug-likeness (QED) is 0.114. The van der Waals surface area contributed by atoms with Crippen molar-refractivity contribution in [1.29, 1.82) is 0 Å². The summed E-state index contributed by atoms with van der Waals surface area (Å²) in [6.07, 6.45) is 1.91. The minimum absolute atomic E-state index is 0.0630. The zero-order valence-corrected chi connectivity index (χ0v) is 49.0. The van der Waals surface area contributed by atoms with E-state index in [2.05, 4.69) is 246 Å². The van der Waals surface area contributed by atoms with Crippen LogP contribution >= 0.6 is 0 Å². The van der Waals surface area contributed by atoms with Gasteiger partial charge >= 0.3 is 0 Å². The number of rotatable bonds is 14. The maximum atomic E-state index is 15.4. The number of halogens is 2. The maximum absolute atomic E-state index is 15.4. The Morgan fingerprint density at radius 3 is 1.64 bits per heavy atom. The normalized spacial score (nSPS) is 12.2. The largest absolute Gasteiger partial charge is 0.457 e. The fourth-order valence-electron chi connectivity index (χ4n) is 11.0. The van der Waals surface area contributed by atoms with Crippen molar-refractivity contribution in [2.24, 2.45) is 0 Å². The van der Waals surface area contributed by atoms with Gasteiger partial charge in [-0.2, -0.15) is 0 Å². The zero-order valence-electron chi connectivity index (χ0n) is 49.0. The number of fused-ring (bicyclic) bond motifs is 3. The van der Waals surface area contributed by atoms with Crippen LogP contribution in [0.3, 0.4) is 0 Å². The van der Waals surface area contributed by atoms with Crippen LogP contribution in [-0.4, -0.2) is 9.55 Å². The Bertz CT molecular complexity index is 3870. The lowest BCUT2D eigenvalue weighted by Crippen LogP contribution is -2.12. The molecule has 0 aliphatic carbocycles. The van der Waals surface area contributed by atoms with Gasteiger partial charge in [0.2, 0.25) is 0 Å². The van der Waals surface area contributed by atoms with Crippen molar-refractivity contribution < 1.29 is 13.5 Å². The van der Waals surface area contributed by atoms with E-state index < -0.39 is 11.6 Å². The second-order valence-electron chi connectivity index (χ2n) is 25.0. The molecule has 0 saturated heterocycles. The molecule has 8 aromatic carbocycles. The van der Waals surface area contributed by atoms with E-state index in [0.29, 0.717) is 22.6 Å². The van der Waals surface area contributed by atoms with Crippen LogP contribution in [0.15, 0.2) is 170 Å². The Morgan fingerprint density at radius 1 is 0.463 bits per heavy atom. The van der Waals surface area contributed by atoms with Crippen LogP contribution in [0, 0.1) is 11.6 Å². The van der Waals surface area contributed by atoms with E-state index >= 15 is 8.78 Å². The average molecular weight is 1060 g/mol. The summed E-state index contributed by atoms with van der Waals surface area (Å²) in [5, 5.41) is 10.0. The number of ether oxygens (including phenoxy) is 1. The third-order valence-corrected chi connectivity index (χ3v) is 15.6. The Kier molecular flexibility index (Phi) is 15.1. The van der Waals surface area contributed by atoms with Crippen molar-refractivity contribution in [2.45, 2.75) is 131 Å². The summed E-state index contributed by atoms with van der Waals surface area (Å²) >= 11 is 0. The number of nitrogens with zero attached hydrogens (tertiary/aromatic N) is 2. The number of aromatic nitrogens is 2. The monoisotopic (exact) mass is 1060 g/mol. The predicted octanol–water partition coefficient (Wildman–Crippen LogP) is 21.8. The number of pyridine rings is 1. The molecular formula is C73H76F2N4O. The van der Waals surface area contributed by atoms with Gasteiger partial charge in [-0.15, -0.1) is 0 Å². The summed E-state index contributed by atoms with van der Waals surface area (Å²) < 4.78 is 40.3. The first-order valence-electron chi connectivity index (χ1n) is 28.4. The van der Waals surface area contributed by atoms with Gasteiger partial charge in [0.15, 0.2) is 0 Å². The van der Waals surface area contributed by atoms with Crippen molar-refractivity contribution in [3.05, 3.63) is 215 Å². The molecule has 0 amide bonds. The lowest BCUT2D eigenvalue weighted by atomic mass is 9.81. The van der Waals surface area contributed by atoms with Crippen molar-refractivity contribution >= 4 is 44.6 Å². The minimum atomic E-state index is -0.637. The molecule has 10 rings (SSSR count). The van der Waals surface area contributed by atoms with Crippen LogP contribution in [0.4, 0.5) is 31.5 Å². The van der Waals surface area contributed by atoms with Crippen LogP contribution in [0.25, 0.3) is 61.0 Å². The molecule has 0 aliphatic rings. The third kappa shape index (κ3) is 11.4. The fourth-order valence-corrected chi connectivity index (χ4v) is 11.0. The molecule has 80 heavy (non-hydrogen) atoms. The van der Waals surface area contributed by atoms with E-state index in [0.717, 1.165) is 78.7 Å². The standard InChI is InChI=1S/C73H76F2N4O/c1-43(2)47-30-48(44(3)4)32-49(31-47)63-37-53(73(12,13)14)38-64(50-33-54(74)40-55(75)34-50)71(63)78-66-24-17-16-23-65(66)77-56-35-51(70-59(45(5)6)21-19-22-60(70)46(7)8)36-58(41-56)80-57-26-27-62-61-20-15-18-25-67(61)79(68(62)42-57)69-39-52(28-29-76-69)72(9,10)11/h15-46,77-78H,1-14H3. The van der Waals surface area contributed by atoms with Gasteiger partial charge in [0.1, 0.15) is 29.0 Å². The van der Waals surface area contributed by atoms with Gasteiger partial charge < -0.3 is 15.4 Å². The second-order valence-corrected chi connectivity index (χ2v) is 25.0. The van der Waals surface area contributed by atoms with E-state index in [1.165, 1.54) is 45.5 Å². The Hall–Kier alpha value is -8.03. The number of anilines is 4. The average Bonchev–Trinajstić information content (AvgIpc) is 3.83. The zero-order chi connectivity index (χ0) is 56.9. The molecule has 2 heterocycles. The van der Waals surface area contributed by atoms with Crippen LogP contribution in [0.2, 0.25) is 0 Å². The molecule has 2 aromatic heterocycles. The lowest BCUT2D eigenvalue weighted by molar-refractivity contribution is 0.484. The molecule has 408 valence electrons. The van der Waals surface area contributed by atoms with Crippen LogP contribution in [0.5, 0.6) is 11.5 Å². The maximum Gasteiger partial charge on any atom is 0.137 e. The van der Waals surface area contributed by atoms with Crippen molar-refractivity contribution in [3.63, 3.8) is 0 Å². The molecule has 0 radical (unpaired) electrons. The molecule has 2 N–H and O–H groups in total. The lowest BCUT2D eigenvalue weighted by Gasteiger charge is -2.27. The van der Waals surface area contributed by atoms with Gasteiger partial charge in [-0.05, 0) is 169 Å². The molecule has 0 atom stereocenters. The van der Waals surface area contributed by atoms with E-state index in [4.69, 9.17) is 9.72 Å². The molecule has 0 spiro atoms. The number of benzene rings is 8. The molecule has 0 fully saturated rings. The smallest absolute Gasteiger partial charge is 0.137 e. The predicted molar refractivity (Wildman–Crippen MR) is 335 cm³/mol. The number of para-hydroxylation sites is 3. The van der Waals surface area contributed by atoms with E-state index in [1.807, 2.05) is 18.3 Å². The van der Waals surface area contributed by atoms with Crippen molar-refractivity contribution in [2.75, 3.05) is 10.6 Å². The highest BCUT2D eigenvalue weighted by Gasteiger charge is 2.25. The molecule has 10 aromatic rings. The molecule has 0 bridgehead atoms. The number of hydrogen-bond acceptors (Lipinski definition) is 4. The molecule has 0 unspecified atom stereocenters. The molecule has 7 heteroatoms. The van der Waals surface area contributed by atoms with Crippen LogP contribution < -0.4 is 15.4 Å².